The first-order chi connectivity index (χ1) is 18.7. The normalized spacial score (nSPS) is 26.5. The average molecular weight is 582 g/mol. The van der Waals surface area contributed by atoms with Crippen LogP contribution >= 0.6 is 23.2 Å². The van der Waals surface area contributed by atoms with Crippen molar-refractivity contribution in [1.29, 1.82) is 5.26 Å². The molecule has 7 nitrogen and oxygen atoms in total. The van der Waals surface area contributed by atoms with E-state index in [9.17, 15) is 20.3 Å². The molecule has 6 atom stereocenters. The molecule has 0 aromatic heterocycles. The van der Waals surface area contributed by atoms with Gasteiger partial charge in [0.1, 0.15) is 17.0 Å². The minimum absolute atomic E-state index is 0.00489. The Morgan fingerprint density at radius 2 is 1.95 bits per heavy atom. The molecule has 0 bridgehead atoms. The van der Waals surface area contributed by atoms with Gasteiger partial charge in [-0.3, -0.25) is 4.79 Å². The molecule has 2 aromatic carbocycles. The van der Waals surface area contributed by atoms with Gasteiger partial charge in [0, 0.05) is 41.6 Å². The first-order valence-corrected chi connectivity index (χ1v) is 13.7. The number of rotatable bonds is 10. The van der Waals surface area contributed by atoms with Gasteiger partial charge in [-0.1, -0.05) is 60.7 Å². The van der Waals surface area contributed by atoms with Gasteiger partial charge in [-0.25, -0.2) is 8.78 Å². The molecular formula is C28H31Cl2F2N3O4. The number of benzene rings is 2. The number of hydrogen-bond donors (Lipinski definition) is 5. The monoisotopic (exact) mass is 581 g/mol. The predicted molar refractivity (Wildman–Crippen MR) is 142 cm³/mol. The Bertz CT molecular complexity index is 1240. The van der Waals surface area contributed by atoms with Crippen LogP contribution in [0.4, 0.5) is 8.78 Å². The van der Waals surface area contributed by atoms with E-state index in [1.807, 2.05) is 0 Å². The summed E-state index contributed by atoms with van der Waals surface area (Å²) < 4.78 is 31.4. The SMILES string of the molecule is N#C[C@@]1(c2ccc(Cl)cc2F)[C@@H](C(CO)C2CCC2)N[C@H](C(=O)NCC[C@H](O)CO)[C@H]1c1cccc(Cl)c1F. The molecule has 1 aliphatic heterocycles. The molecule has 2 aromatic rings. The van der Waals surface area contributed by atoms with Crippen molar-refractivity contribution in [1.82, 2.24) is 10.6 Å². The fraction of sp³-hybridized carbons (Fsp3) is 0.500. The van der Waals surface area contributed by atoms with E-state index in [0.29, 0.717) is 0 Å². The van der Waals surface area contributed by atoms with E-state index in [1.165, 1.54) is 30.3 Å². The van der Waals surface area contributed by atoms with E-state index in [1.54, 1.807) is 0 Å². The maximum atomic E-state index is 15.7. The lowest BCUT2D eigenvalue weighted by atomic mass is 9.59. The fourth-order valence-corrected chi connectivity index (χ4v) is 6.41. The van der Waals surface area contributed by atoms with Crippen molar-refractivity contribution >= 4 is 29.1 Å². The van der Waals surface area contributed by atoms with Crippen molar-refractivity contribution in [3.05, 3.63) is 69.2 Å². The summed E-state index contributed by atoms with van der Waals surface area (Å²) in [5.41, 5.74) is -1.95. The zero-order valence-corrected chi connectivity index (χ0v) is 22.6. The van der Waals surface area contributed by atoms with Gasteiger partial charge in [0.2, 0.25) is 5.91 Å². The number of nitriles is 1. The molecule has 0 radical (unpaired) electrons. The molecule has 0 spiro atoms. The second-order valence-corrected chi connectivity index (χ2v) is 11.1. The largest absolute Gasteiger partial charge is 0.396 e. The molecule has 1 heterocycles. The van der Waals surface area contributed by atoms with Crippen molar-refractivity contribution in [2.24, 2.45) is 11.8 Å². The second-order valence-electron chi connectivity index (χ2n) is 10.3. The molecule has 11 heteroatoms. The topological polar surface area (TPSA) is 126 Å². The van der Waals surface area contributed by atoms with Crippen molar-refractivity contribution in [3.8, 4) is 6.07 Å². The summed E-state index contributed by atoms with van der Waals surface area (Å²) in [6, 6.07) is 8.24. The van der Waals surface area contributed by atoms with Crippen LogP contribution in [0.2, 0.25) is 10.0 Å². The highest BCUT2D eigenvalue weighted by molar-refractivity contribution is 6.31. The standard InChI is InChI=1S/C28H31Cl2F2N3O4/c29-16-7-8-20(22(31)11-16)28(14-33)23(18-5-2-6-21(30)24(18)32)25(27(39)34-10-9-17(38)12-36)35-26(28)19(13-37)15-3-1-4-15/h2,5-8,11,15,17,19,23,25-26,35-38H,1,3-4,9-10,12-13H2,(H,34,39)/t17-,19?,23+,25-,26+,28-/m0/s1. The molecule has 1 aliphatic carbocycles. The summed E-state index contributed by atoms with van der Waals surface area (Å²) in [5, 5.41) is 46.0. The van der Waals surface area contributed by atoms with Crippen LogP contribution in [0.1, 0.15) is 42.7 Å². The molecule has 1 unspecified atom stereocenters. The number of aliphatic hydroxyl groups is 3. The van der Waals surface area contributed by atoms with Crippen LogP contribution in [-0.4, -0.2) is 59.2 Å². The smallest absolute Gasteiger partial charge is 0.237 e. The molecule has 210 valence electrons. The first-order valence-electron chi connectivity index (χ1n) is 12.9. The molecule has 39 heavy (non-hydrogen) atoms. The van der Waals surface area contributed by atoms with E-state index in [4.69, 9.17) is 28.3 Å². The minimum Gasteiger partial charge on any atom is -0.396 e. The number of halogens is 4. The average Bonchev–Trinajstić information content (AvgIpc) is 3.22. The van der Waals surface area contributed by atoms with Crippen LogP contribution < -0.4 is 10.6 Å². The number of aliphatic hydroxyl groups excluding tert-OH is 3. The van der Waals surface area contributed by atoms with E-state index in [2.05, 4.69) is 16.7 Å². The Morgan fingerprint density at radius 3 is 2.54 bits per heavy atom. The van der Waals surface area contributed by atoms with Crippen LogP contribution in [0.5, 0.6) is 0 Å². The van der Waals surface area contributed by atoms with Gasteiger partial charge in [0.15, 0.2) is 0 Å². The third-order valence-corrected chi connectivity index (χ3v) is 8.74. The predicted octanol–water partition coefficient (Wildman–Crippen LogP) is 3.43. The van der Waals surface area contributed by atoms with E-state index in [-0.39, 0.29) is 46.7 Å². The third kappa shape index (κ3) is 5.51. The highest BCUT2D eigenvalue weighted by Crippen LogP contribution is 2.54. The Kier molecular flexibility index (Phi) is 9.48. The fourth-order valence-electron chi connectivity index (χ4n) is 6.07. The van der Waals surface area contributed by atoms with Crippen LogP contribution in [-0.2, 0) is 10.2 Å². The third-order valence-electron chi connectivity index (χ3n) is 8.22. The van der Waals surface area contributed by atoms with Crippen LogP contribution in [0.3, 0.4) is 0 Å². The maximum absolute atomic E-state index is 15.7. The maximum Gasteiger partial charge on any atom is 0.237 e. The lowest BCUT2D eigenvalue weighted by molar-refractivity contribution is -0.123. The highest BCUT2D eigenvalue weighted by Gasteiger charge is 2.63. The summed E-state index contributed by atoms with van der Waals surface area (Å²) in [6.45, 7) is -0.819. The molecular weight excluding hydrogens is 551 g/mol. The van der Waals surface area contributed by atoms with Gasteiger partial charge in [0.05, 0.1) is 29.8 Å². The van der Waals surface area contributed by atoms with Crippen LogP contribution in [0.15, 0.2) is 36.4 Å². The number of nitrogens with zero attached hydrogens (tertiary/aromatic N) is 1. The van der Waals surface area contributed by atoms with Gasteiger partial charge < -0.3 is 26.0 Å². The zero-order chi connectivity index (χ0) is 28.3. The number of nitrogens with one attached hydrogen (secondary N) is 2. The quantitative estimate of drug-likeness (QED) is 0.293. The summed E-state index contributed by atoms with van der Waals surface area (Å²) >= 11 is 12.2. The van der Waals surface area contributed by atoms with Crippen molar-refractivity contribution in [2.45, 2.75) is 55.2 Å². The van der Waals surface area contributed by atoms with Crippen molar-refractivity contribution in [2.75, 3.05) is 19.8 Å². The lowest BCUT2D eigenvalue weighted by Gasteiger charge is -2.43. The summed E-state index contributed by atoms with van der Waals surface area (Å²) in [4.78, 5) is 13.6. The van der Waals surface area contributed by atoms with Gasteiger partial charge in [-0.15, -0.1) is 0 Å². The molecule has 2 fully saturated rings. The van der Waals surface area contributed by atoms with E-state index >= 15 is 8.78 Å². The Hall–Kier alpha value is -2.32. The lowest BCUT2D eigenvalue weighted by Crippen LogP contribution is -2.52. The Balaban J connectivity index is 1.92. The van der Waals surface area contributed by atoms with Gasteiger partial charge in [-0.05, 0) is 36.1 Å². The van der Waals surface area contributed by atoms with Crippen LogP contribution in [0, 0.1) is 34.8 Å². The number of carbonyl (C=O) groups is 1. The van der Waals surface area contributed by atoms with Crippen molar-refractivity contribution in [3.63, 3.8) is 0 Å². The number of amides is 1. The molecule has 1 amide bonds. The first kappa shape index (κ1) is 29.7. The highest BCUT2D eigenvalue weighted by atomic mass is 35.5. The second kappa shape index (κ2) is 12.5. The number of carbonyl (C=O) groups excluding carboxylic acids is 1. The zero-order valence-electron chi connectivity index (χ0n) is 21.1. The van der Waals surface area contributed by atoms with E-state index < -0.39 is 59.6 Å². The Morgan fingerprint density at radius 1 is 1.21 bits per heavy atom. The van der Waals surface area contributed by atoms with Gasteiger partial charge in [0.25, 0.3) is 0 Å². The molecule has 4 rings (SSSR count). The van der Waals surface area contributed by atoms with Crippen molar-refractivity contribution < 1.29 is 28.9 Å². The minimum atomic E-state index is -1.84. The molecule has 5 N–H and O–H groups in total. The van der Waals surface area contributed by atoms with E-state index in [0.717, 1.165) is 25.3 Å². The summed E-state index contributed by atoms with van der Waals surface area (Å²) in [5.74, 6) is -4.00. The molecule has 1 saturated heterocycles. The van der Waals surface area contributed by atoms with Gasteiger partial charge in [-0.2, -0.15) is 5.26 Å². The molecule has 2 aliphatic rings. The summed E-state index contributed by atoms with van der Waals surface area (Å²) in [6.07, 6.45) is 1.53. The van der Waals surface area contributed by atoms with Crippen LogP contribution in [0.25, 0.3) is 0 Å². The van der Waals surface area contributed by atoms with Gasteiger partial charge >= 0.3 is 0 Å². The summed E-state index contributed by atoms with van der Waals surface area (Å²) in [7, 11) is 0. The molecule has 1 saturated carbocycles. The number of hydrogen-bond acceptors (Lipinski definition) is 6. The Labute approximate surface area is 235 Å².